The van der Waals surface area contributed by atoms with Crippen molar-refractivity contribution in [3.8, 4) is 0 Å². The second kappa shape index (κ2) is 1.88. The summed E-state index contributed by atoms with van der Waals surface area (Å²) in [5.41, 5.74) is 0.0192. The van der Waals surface area contributed by atoms with E-state index in [-0.39, 0.29) is 5.41 Å². The summed E-state index contributed by atoms with van der Waals surface area (Å²) in [5, 5.41) is 0. The molecule has 0 heterocycles. The van der Waals surface area contributed by atoms with Gasteiger partial charge in [0.25, 0.3) is 0 Å². The lowest BCUT2D eigenvalue weighted by Crippen LogP contribution is -2.26. The first-order valence-corrected chi connectivity index (χ1v) is 4.63. The van der Waals surface area contributed by atoms with Crippen molar-refractivity contribution >= 4 is 5.78 Å². The molecule has 2 aliphatic rings. The SMILES string of the molecule is CC[C@H]1C(=O)C(C)(C)[C@H]2C[C@@H]12. The van der Waals surface area contributed by atoms with Crippen LogP contribution in [0, 0.1) is 23.2 Å². The Morgan fingerprint density at radius 3 is 2.45 bits per heavy atom. The highest BCUT2D eigenvalue weighted by molar-refractivity contribution is 5.90. The van der Waals surface area contributed by atoms with Gasteiger partial charge in [0.05, 0.1) is 0 Å². The smallest absolute Gasteiger partial charge is 0.142 e. The Kier molecular flexibility index (Phi) is 1.25. The van der Waals surface area contributed by atoms with E-state index >= 15 is 0 Å². The number of Topliss-reactive ketones (excluding diaryl/α,β-unsaturated/α-hetero) is 1. The topological polar surface area (TPSA) is 17.1 Å². The van der Waals surface area contributed by atoms with Crippen molar-refractivity contribution in [2.45, 2.75) is 33.6 Å². The predicted octanol–water partition coefficient (Wildman–Crippen LogP) is 2.26. The molecule has 0 bridgehead atoms. The van der Waals surface area contributed by atoms with Crippen LogP contribution >= 0.6 is 0 Å². The fourth-order valence-electron chi connectivity index (χ4n) is 2.83. The van der Waals surface area contributed by atoms with E-state index in [0.717, 1.165) is 18.3 Å². The average Bonchev–Trinajstić information content (AvgIpc) is 2.65. The molecule has 62 valence electrons. The van der Waals surface area contributed by atoms with Gasteiger partial charge in [-0.05, 0) is 24.7 Å². The van der Waals surface area contributed by atoms with Gasteiger partial charge in [-0.3, -0.25) is 4.79 Å². The van der Waals surface area contributed by atoms with Crippen LogP contribution in [0.15, 0.2) is 0 Å². The molecule has 2 aliphatic carbocycles. The zero-order valence-electron chi connectivity index (χ0n) is 7.55. The summed E-state index contributed by atoms with van der Waals surface area (Å²) < 4.78 is 0. The van der Waals surface area contributed by atoms with Crippen LogP contribution in [-0.4, -0.2) is 5.78 Å². The highest BCUT2D eigenvalue weighted by atomic mass is 16.1. The highest BCUT2D eigenvalue weighted by Crippen LogP contribution is 2.63. The van der Waals surface area contributed by atoms with Crippen molar-refractivity contribution in [1.82, 2.24) is 0 Å². The molecule has 0 aromatic carbocycles. The lowest BCUT2D eigenvalue weighted by molar-refractivity contribution is -0.129. The van der Waals surface area contributed by atoms with Crippen LogP contribution in [0.25, 0.3) is 0 Å². The fourth-order valence-corrected chi connectivity index (χ4v) is 2.83. The molecule has 0 amide bonds. The lowest BCUT2D eigenvalue weighted by Gasteiger charge is -2.19. The number of rotatable bonds is 1. The molecule has 2 rings (SSSR count). The van der Waals surface area contributed by atoms with E-state index in [1.807, 2.05) is 0 Å². The summed E-state index contributed by atoms with van der Waals surface area (Å²) in [6, 6.07) is 0. The third-order valence-corrected chi connectivity index (χ3v) is 3.70. The normalized spacial score (nSPS) is 45.7. The maximum Gasteiger partial charge on any atom is 0.142 e. The van der Waals surface area contributed by atoms with Crippen molar-refractivity contribution in [3.63, 3.8) is 0 Å². The number of fused-ring (bicyclic) bond motifs is 1. The largest absolute Gasteiger partial charge is 0.299 e. The van der Waals surface area contributed by atoms with E-state index < -0.39 is 0 Å². The molecule has 0 aromatic rings. The second-order valence-corrected chi connectivity index (χ2v) is 4.61. The third kappa shape index (κ3) is 0.743. The summed E-state index contributed by atoms with van der Waals surface area (Å²) in [4.78, 5) is 11.7. The van der Waals surface area contributed by atoms with E-state index in [1.165, 1.54) is 6.42 Å². The first kappa shape index (κ1) is 7.33. The Hall–Kier alpha value is -0.330. The van der Waals surface area contributed by atoms with Gasteiger partial charge >= 0.3 is 0 Å². The van der Waals surface area contributed by atoms with Crippen LogP contribution in [0.2, 0.25) is 0 Å². The number of carbonyl (C=O) groups is 1. The van der Waals surface area contributed by atoms with Crippen LogP contribution < -0.4 is 0 Å². The molecule has 0 N–H and O–H groups in total. The Labute approximate surface area is 68.2 Å². The minimum atomic E-state index is 0.0192. The van der Waals surface area contributed by atoms with Crippen LogP contribution in [0.1, 0.15) is 33.6 Å². The van der Waals surface area contributed by atoms with Crippen LogP contribution in [-0.2, 0) is 4.79 Å². The molecular weight excluding hydrogens is 136 g/mol. The Morgan fingerprint density at radius 2 is 2.18 bits per heavy atom. The van der Waals surface area contributed by atoms with Gasteiger partial charge in [0.2, 0.25) is 0 Å². The van der Waals surface area contributed by atoms with E-state index in [4.69, 9.17) is 0 Å². The van der Waals surface area contributed by atoms with Gasteiger partial charge in [-0.25, -0.2) is 0 Å². The zero-order chi connectivity index (χ0) is 8.22. The van der Waals surface area contributed by atoms with E-state index in [0.29, 0.717) is 11.7 Å². The summed E-state index contributed by atoms with van der Waals surface area (Å²) >= 11 is 0. The fraction of sp³-hybridized carbons (Fsp3) is 0.900. The molecule has 2 fully saturated rings. The molecule has 11 heavy (non-hydrogen) atoms. The van der Waals surface area contributed by atoms with Crippen molar-refractivity contribution in [2.24, 2.45) is 23.2 Å². The molecule has 0 aromatic heterocycles. The maximum absolute atomic E-state index is 11.7. The van der Waals surface area contributed by atoms with Gasteiger partial charge in [-0.2, -0.15) is 0 Å². The number of hydrogen-bond acceptors (Lipinski definition) is 1. The molecule has 0 saturated heterocycles. The monoisotopic (exact) mass is 152 g/mol. The van der Waals surface area contributed by atoms with Gasteiger partial charge in [-0.15, -0.1) is 0 Å². The van der Waals surface area contributed by atoms with Crippen LogP contribution in [0.3, 0.4) is 0 Å². The minimum Gasteiger partial charge on any atom is -0.299 e. The molecule has 0 spiro atoms. The molecule has 1 heteroatoms. The number of ketones is 1. The van der Waals surface area contributed by atoms with Gasteiger partial charge in [-0.1, -0.05) is 20.8 Å². The first-order valence-electron chi connectivity index (χ1n) is 4.63. The quantitative estimate of drug-likeness (QED) is 0.563. The second-order valence-electron chi connectivity index (χ2n) is 4.61. The minimum absolute atomic E-state index is 0.0192. The Bertz CT molecular complexity index is 205. The van der Waals surface area contributed by atoms with Gasteiger partial charge in [0.15, 0.2) is 0 Å². The van der Waals surface area contributed by atoms with Crippen molar-refractivity contribution in [3.05, 3.63) is 0 Å². The molecule has 1 nitrogen and oxygen atoms in total. The van der Waals surface area contributed by atoms with E-state index in [1.54, 1.807) is 0 Å². The van der Waals surface area contributed by atoms with Crippen molar-refractivity contribution in [2.75, 3.05) is 0 Å². The van der Waals surface area contributed by atoms with Crippen LogP contribution in [0.5, 0.6) is 0 Å². The molecular formula is C10H16O. The summed E-state index contributed by atoms with van der Waals surface area (Å²) in [7, 11) is 0. The Balaban J connectivity index is 2.26. The predicted molar refractivity (Wildman–Crippen MR) is 44.2 cm³/mol. The number of hydrogen-bond donors (Lipinski definition) is 0. The molecule has 3 atom stereocenters. The van der Waals surface area contributed by atoms with Gasteiger partial charge in [0.1, 0.15) is 5.78 Å². The zero-order valence-corrected chi connectivity index (χ0v) is 7.55. The molecule has 0 unspecified atom stereocenters. The summed E-state index contributed by atoms with van der Waals surface area (Å²) in [6.07, 6.45) is 2.38. The van der Waals surface area contributed by atoms with Gasteiger partial charge in [0, 0.05) is 11.3 Å². The van der Waals surface area contributed by atoms with Crippen molar-refractivity contribution < 1.29 is 4.79 Å². The van der Waals surface area contributed by atoms with E-state index in [9.17, 15) is 4.79 Å². The summed E-state index contributed by atoms with van der Waals surface area (Å²) in [6.45, 7) is 6.38. The van der Waals surface area contributed by atoms with Crippen LogP contribution in [0.4, 0.5) is 0 Å². The summed E-state index contributed by atoms with van der Waals surface area (Å²) in [5.74, 6) is 2.44. The highest BCUT2D eigenvalue weighted by Gasteiger charge is 2.62. The average molecular weight is 152 g/mol. The van der Waals surface area contributed by atoms with Crippen molar-refractivity contribution in [1.29, 1.82) is 0 Å². The van der Waals surface area contributed by atoms with Gasteiger partial charge < -0.3 is 0 Å². The Morgan fingerprint density at radius 1 is 1.55 bits per heavy atom. The van der Waals surface area contributed by atoms with E-state index in [2.05, 4.69) is 20.8 Å². The lowest BCUT2D eigenvalue weighted by atomic mass is 9.83. The maximum atomic E-state index is 11.7. The first-order chi connectivity index (χ1) is 5.09. The molecule has 0 aliphatic heterocycles. The standard InChI is InChI=1S/C10H16O/c1-4-6-7-5-8(7)10(2,3)9(6)11/h6-8H,4-5H2,1-3H3/t6-,7+,8+/m1/s1. The molecule has 2 saturated carbocycles. The number of carbonyl (C=O) groups excluding carboxylic acids is 1. The third-order valence-electron chi connectivity index (χ3n) is 3.70. The molecule has 0 radical (unpaired) electrons.